The average Bonchev–Trinajstić information content (AvgIpc) is 2.49. The number of carbonyl (C=O) groups excluding carboxylic acids is 1. The van der Waals surface area contributed by atoms with Gasteiger partial charge in [-0.2, -0.15) is 0 Å². The number of hydrogen-bond acceptors (Lipinski definition) is 5. The van der Waals surface area contributed by atoms with Crippen LogP contribution in [0.5, 0.6) is 0 Å². The second-order valence-corrected chi connectivity index (χ2v) is 4.95. The predicted molar refractivity (Wildman–Crippen MR) is 91.8 cm³/mol. The van der Waals surface area contributed by atoms with Crippen LogP contribution in [0.4, 0.5) is 0 Å². The lowest BCUT2D eigenvalue weighted by molar-refractivity contribution is -0.143. The van der Waals surface area contributed by atoms with Gasteiger partial charge < -0.3 is 10.1 Å². The fourth-order valence-electron chi connectivity index (χ4n) is 2.59. The second-order valence-electron chi connectivity index (χ2n) is 4.95. The van der Waals surface area contributed by atoms with Gasteiger partial charge in [-0.15, -0.1) is 24.8 Å². The Morgan fingerprint density at radius 2 is 2.14 bits per heavy atom. The molecule has 1 unspecified atom stereocenters. The standard InChI is InChI=1S/C15H23N3O2.2ClH/c1-2-20-15(19)4-3-10-18-11-9-17-12-14(18)13-5-7-16-8-6-13;;/h5-8,14,17H,2-4,9-12H2,1H3;2*1H. The van der Waals surface area contributed by atoms with Crippen molar-refractivity contribution in [1.29, 1.82) is 0 Å². The number of carbonyl (C=O) groups is 1. The van der Waals surface area contributed by atoms with Gasteiger partial charge in [-0.05, 0) is 37.6 Å². The molecule has 0 amide bonds. The first-order valence-electron chi connectivity index (χ1n) is 7.31. The summed E-state index contributed by atoms with van der Waals surface area (Å²) in [5, 5.41) is 3.43. The van der Waals surface area contributed by atoms with Crippen LogP contribution < -0.4 is 5.32 Å². The van der Waals surface area contributed by atoms with E-state index in [2.05, 4.69) is 27.3 Å². The third kappa shape index (κ3) is 6.48. The van der Waals surface area contributed by atoms with Crippen LogP contribution in [0.2, 0.25) is 0 Å². The molecule has 1 aliphatic rings. The molecule has 126 valence electrons. The van der Waals surface area contributed by atoms with Crippen LogP contribution >= 0.6 is 24.8 Å². The number of nitrogens with zero attached hydrogens (tertiary/aromatic N) is 2. The Morgan fingerprint density at radius 3 is 2.82 bits per heavy atom. The summed E-state index contributed by atoms with van der Waals surface area (Å²) in [6.45, 7) is 6.19. The zero-order valence-electron chi connectivity index (χ0n) is 12.9. The van der Waals surface area contributed by atoms with Crippen LogP contribution in [0.15, 0.2) is 24.5 Å². The number of rotatable bonds is 6. The number of hydrogen-bond donors (Lipinski definition) is 1. The summed E-state index contributed by atoms with van der Waals surface area (Å²) in [6.07, 6.45) is 5.02. The lowest BCUT2D eigenvalue weighted by Crippen LogP contribution is -2.46. The smallest absolute Gasteiger partial charge is 0.305 e. The minimum absolute atomic E-state index is 0. The van der Waals surface area contributed by atoms with Crippen molar-refractivity contribution >= 4 is 30.8 Å². The van der Waals surface area contributed by atoms with E-state index < -0.39 is 0 Å². The number of nitrogens with one attached hydrogen (secondary N) is 1. The van der Waals surface area contributed by atoms with Crippen molar-refractivity contribution in [3.63, 3.8) is 0 Å². The van der Waals surface area contributed by atoms with Crippen molar-refractivity contribution in [2.45, 2.75) is 25.8 Å². The molecule has 0 saturated carbocycles. The summed E-state index contributed by atoms with van der Waals surface area (Å²) in [5.74, 6) is -0.0944. The molecular weight excluding hydrogens is 325 g/mol. The van der Waals surface area contributed by atoms with E-state index in [1.165, 1.54) is 5.56 Å². The minimum atomic E-state index is -0.0944. The Balaban J connectivity index is 0.00000220. The van der Waals surface area contributed by atoms with Crippen molar-refractivity contribution in [1.82, 2.24) is 15.2 Å². The molecule has 1 aliphatic heterocycles. The van der Waals surface area contributed by atoms with Gasteiger partial charge >= 0.3 is 5.97 Å². The van der Waals surface area contributed by atoms with Crippen molar-refractivity contribution < 1.29 is 9.53 Å². The third-order valence-corrected chi connectivity index (χ3v) is 3.58. The highest BCUT2D eigenvalue weighted by atomic mass is 35.5. The van der Waals surface area contributed by atoms with Gasteiger partial charge in [0.15, 0.2) is 0 Å². The van der Waals surface area contributed by atoms with Gasteiger partial charge in [-0.1, -0.05) is 0 Å². The molecule has 1 aromatic rings. The Bertz CT molecular complexity index is 421. The Hall–Kier alpha value is -0.880. The maximum absolute atomic E-state index is 11.4. The molecule has 2 rings (SSSR count). The molecule has 1 atom stereocenters. The highest BCUT2D eigenvalue weighted by Gasteiger charge is 2.23. The van der Waals surface area contributed by atoms with Crippen LogP contribution in [-0.4, -0.2) is 48.6 Å². The maximum atomic E-state index is 11.4. The Morgan fingerprint density at radius 1 is 1.41 bits per heavy atom. The van der Waals surface area contributed by atoms with E-state index in [1.807, 2.05) is 19.3 Å². The van der Waals surface area contributed by atoms with Gasteiger partial charge in [-0.3, -0.25) is 14.7 Å². The Labute approximate surface area is 144 Å². The molecule has 22 heavy (non-hydrogen) atoms. The zero-order chi connectivity index (χ0) is 14.2. The molecule has 0 spiro atoms. The fourth-order valence-corrected chi connectivity index (χ4v) is 2.59. The highest BCUT2D eigenvalue weighted by molar-refractivity contribution is 5.85. The van der Waals surface area contributed by atoms with Crippen LogP contribution in [0.3, 0.4) is 0 Å². The minimum Gasteiger partial charge on any atom is -0.466 e. The molecule has 2 heterocycles. The molecule has 0 aliphatic carbocycles. The van der Waals surface area contributed by atoms with Crippen LogP contribution in [0.25, 0.3) is 0 Å². The van der Waals surface area contributed by atoms with E-state index in [0.29, 0.717) is 19.1 Å². The van der Waals surface area contributed by atoms with Gasteiger partial charge in [0, 0.05) is 44.5 Å². The number of ether oxygens (including phenoxy) is 1. The predicted octanol–water partition coefficient (Wildman–Crippen LogP) is 2.21. The summed E-state index contributed by atoms with van der Waals surface area (Å²) in [5.41, 5.74) is 1.28. The summed E-state index contributed by atoms with van der Waals surface area (Å²) < 4.78 is 4.96. The SMILES string of the molecule is CCOC(=O)CCCN1CCNCC1c1ccncc1.Cl.Cl. The number of aromatic nitrogens is 1. The van der Waals surface area contributed by atoms with E-state index in [9.17, 15) is 4.79 Å². The molecule has 1 saturated heterocycles. The zero-order valence-corrected chi connectivity index (χ0v) is 14.5. The molecule has 7 heteroatoms. The molecule has 0 bridgehead atoms. The number of esters is 1. The molecular formula is C15H25Cl2N3O2. The van der Waals surface area contributed by atoms with E-state index in [1.54, 1.807) is 0 Å². The Kier molecular flexibility index (Phi) is 11.2. The first-order chi connectivity index (χ1) is 9.81. The first kappa shape index (κ1) is 21.1. The topological polar surface area (TPSA) is 54.5 Å². The molecule has 1 aromatic heterocycles. The normalized spacial score (nSPS) is 18.0. The van der Waals surface area contributed by atoms with Crippen molar-refractivity contribution in [3.8, 4) is 0 Å². The monoisotopic (exact) mass is 349 g/mol. The third-order valence-electron chi connectivity index (χ3n) is 3.58. The lowest BCUT2D eigenvalue weighted by atomic mass is 10.0. The summed E-state index contributed by atoms with van der Waals surface area (Å²) in [6, 6.07) is 4.50. The quantitative estimate of drug-likeness (QED) is 0.798. The lowest BCUT2D eigenvalue weighted by Gasteiger charge is -2.36. The highest BCUT2D eigenvalue weighted by Crippen LogP contribution is 2.21. The average molecular weight is 350 g/mol. The molecule has 0 radical (unpaired) electrons. The molecule has 1 N–H and O–H groups in total. The van der Waals surface area contributed by atoms with Crippen LogP contribution in [0, 0.1) is 0 Å². The van der Waals surface area contributed by atoms with Gasteiger partial charge in [0.25, 0.3) is 0 Å². The first-order valence-corrected chi connectivity index (χ1v) is 7.31. The largest absolute Gasteiger partial charge is 0.466 e. The maximum Gasteiger partial charge on any atom is 0.305 e. The van der Waals surface area contributed by atoms with Gasteiger partial charge in [0.2, 0.25) is 0 Å². The molecule has 0 aromatic carbocycles. The van der Waals surface area contributed by atoms with Crippen LogP contribution in [0.1, 0.15) is 31.4 Å². The van der Waals surface area contributed by atoms with Gasteiger partial charge in [0.1, 0.15) is 0 Å². The summed E-state index contributed by atoms with van der Waals surface area (Å²) in [4.78, 5) is 17.9. The van der Waals surface area contributed by atoms with E-state index in [4.69, 9.17) is 4.74 Å². The van der Waals surface area contributed by atoms with Gasteiger partial charge in [0.05, 0.1) is 6.61 Å². The van der Waals surface area contributed by atoms with Crippen molar-refractivity contribution in [2.24, 2.45) is 0 Å². The number of halogens is 2. The number of pyridine rings is 1. The van der Waals surface area contributed by atoms with Crippen molar-refractivity contribution in [2.75, 3.05) is 32.8 Å². The second kappa shape index (κ2) is 11.7. The van der Waals surface area contributed by atoms with Gasteiger partial charge in [-0.25, -0.2) is 0 Å². The van der Waals surface area contributed by atoms with E-state index in [0.717, 1.165) is 32.6 Å². The molecule has 1 fully saturated rings. The summed E-state index contributed by atoms with van der Waals surface area (Å²) >= 11 is 0. The fraction of sp³-hybridized carbons (Fsp3) is 0.600. The van der Waals surface area contributed by atoms with Crippen molar-refractivity contribution in [3.05, 3.63) is 30.1 Å². The van der Waals surface area contributed by atoms with E-state index >= 15 is 0 Å². The number of piperazine rings is 1. The molecule has 5 nitrogen and oxygen atoms in total. The van der Waals surface area contributed by atoms with E-state index in [-0.39, 0.29) is 30.8 Å². The van der Waals surface area contributed by atoms with Crippen LogP contribution in [-0.2, 0) is 9.53 Å². The summed E-state index contributed by atoms with van der Waals surface area (Å²) in [7, 11) is 0.